The maximum Gasteiger partial charge on any atom is 3.00 e. The predicted molar refractivity (Wildman–Crippen MR) is 131 cm³/mol. The molecule has 0 fully saturated rings. The molecule has 0 saturated heterocycles. The number of rotatable bonds is 2. The SMILES string of the molecule is CN1C=CN(c2ccc3ccccc3n2)[CH-]1.CN1C=CN(c2ccc3ccccc3n2)[CH-]1.[Au+3]. The number of nitrogens with zero attached hydrogens (tertiary/aromatic N) is 6. The first kappa shape index (κ1) is 22.9. The fourth-order valence-electron chi connectivity index (χ4n) is 3.57. The number of pyridine rings is 2. The summed E-state index contributed by atoms with van der Waals surface area (Å²) in [7, 11) is 4.00. The van der Waals surface area contributed by atoms with Gasteiger partial charge in [-0.05, 0) is 75.3 Å². The Morgan fingerprint density at radius 3 is 1.36 bits per heavy atom. The Morgan fingerprint density at radius 2 is 0.970 bits per heavy atom. The van der Waals surface area contributed by atoms with Gasteiger partial charge in [-0.2, -0.15) is 0 Å². The van der Waals surface area contributed by atoms with Gasteiger partial charge < -0.3 is 19.6 Å². The van der Waals surface area contributed by atoms with E-state index in [0.717, 1.165) is 22.7 Å². The molecule has 0 radical (unpaired) electrons. The summed E-state index contributed by atoms with van der Waals surface area (Å²) in [4.78, 5) is 17.2. The molecule has 2 aromatic carbocycles. The standard InChI is InChI=1S/2C13H12N3.Au/c2*1-15-8-9-16(10-15)13-7-6-11-4-2-3-5-12(11)14-13;/h2*2-10H,1H3;/q2*-1;+3. The number of para-hydroxylation sites is 2. The van der Waals surface area contributed by atoms with Gasteiger partial charge in [0.05, 0.1) is 11.0 Å². The molecule has 2 aliphatic rings. The summed E-state index contributed by atoms with van der Waals surface area (Å²) in [5.41, 5.74) is 2.05. The number of fused-ring (bicyclic) bond motifs is 2. The molecule has 4 aromatic rings. The van der Waals surface area contributed by atoms with Crippen molar-refractivity contribution in [3.63, 3.8) is 0 Å². The molecular weight excluding hydrogens is 593 g/mol. The maximum absolute atomic E-state index is 4.61. The zero-order chi connectivity index (χ0) is 21.9. The number of hydrogen-bond donors (Lipinski definition) is 0. The van der Waals surface area contributed by atoms with E-state index in [0.29, 0.717) is 0 Å². The van der Waals surface area contributed by atoms with Gasteiger partial charge in [-0.3, -0.25) is 0 Å². The van der Waals surface area contributed by atoms with Gasteiger partial charge in [-0.25, -0.2) is 9.97 Å². The quantitative estimate of drug-likeness (QED) is 0.229. The minimum Gasteiger partial charge on any atom is -0.510 e. The fourth-order valence-corrected chi connectivity index (χ4v) is 3.57. The molecule has 0 amide bonds. The van der Waals surface area contributed by atoms with Crippen LogP contribution < -0.4 is 9.80 Å². The van der Waals surface area contributed by atoms with Crippen LogP contribution in [0.25, 0.3) is 21.8 Å². The summed E-state index contributed by atoms with van der Waals surface area (Å²) in [5.74, 6) is 1.89. The van der Waals surface area contributed by atoms with Crippen molar-refractivity contribution in [2.24, 2.45) is 0 Å². The summed E-state index contributed by atoms with van der Waals surface area (Å²) in [6.45, 7) is 3.99. The van der Waals surface area contributed by atoms with Crippen LogP contribution in [-0.4, -0.2) is 33.9 Å². The van der Waals surface area contributed by atoms with Gasteiger partial charge in [0, 0.05) is 10.8 Å². The Balaban J connectivity index is 0.000000152. The Morgan fingerprint density at radius 1 is 0.545 bits per heavy atom. The van der Waals surface area contributed by atoms with Crippen LogP contribution in [0.1, 0.15) is 0 Å². The zero-order valence-corrected chi connectivity index (χ0v) is 20.5. The van der Waals surface area contributed by atoms with E-state index in [1.165, 1.54) is 10.8 Å². The molecule has 0 unspecified atom stereocenters. The van der Waals surface area contributed by atoms with E-state index in [1.54, 1.807) is 0 Å². The number of benzene rings is 2. The molecule has 0 aliphatic carbocycles. The Hall–Kier alpha value is -3.32. The molecule has 2 aromatic heterocycles. The van der Waals surface area contributed by atoms with Gasteiger partial charge in [0.15, 0.2) is 0 Å². The van der Waals surface area contributed by atoms with Crippen LogP contribution in [0, 0.1) is 13.3 Å². The summed E-state index contributed by atoms with van der Waals surface area (Å²) in [6.07, 6.45) is 7.99. The average molecular weight is 617 g/mol. The van der Waals surface area contributed by atoms with E-state index in [2.05, 4.69) is 34.2 Å². The van der Waals surface area contributed by atoms with Crippen molar-refractivity contribution in [1.29, 1.82) is 0 Å². The normalized spacial score (nSPS) is 14.6. The first-order chi connectivity index (χ1) is 15.7. The monoisotopic (exact) mass is 617 g/mol. The predicted octanol–water partition coefficient (Wildman–Crippen LogP) is 5.15. The van der Waals surface area contributed by atoms with Crippen molar-refractivity contribution in [2.75, 3.05) is 23.9 Å². The summed E-state index contributed by atoms with van der Waals surface area (Å²) < 4.78 is 0. The molecule has 0 atom stereocenters. The molecule has 0 bridgehead atoms. The summed E-state index contributed by atoms with van der Waals surface area (Å²) in [6, 6.07) is 24.5. The minimum atomic E-state index is 0. The molecule has 2 aliphatic heterocycles. The van der Waals surface area contributed by atoms with E-state index in [-0.39, 0.29) is 22.4 Å². The van der Waals surface area contributed by atoms with Gasteiger partial charge in [0.1, 0.15) is 11.6 Å². The van der Waals surface area contributed by atoms with Crippen molar-refractivity contribution in [3.8, 4) is 0 Å². The van der Waals surface area contributed by atoms with Crippen LogP contribution in [0.2, 0.25) is 0 Å². The number of aromatic nitrogens is 2. The van der Waals surface area contributed by atoms with E-state index >= 15 is 0 Å². The molecule has 33 heavy (non-hydrogen) atoms. The summed E-state index contributed by atoms with van der Waals surface area (Å²) >= 11 is 0. The van der Waals surface area contributed by atoms with E-state index < -0.39 is 0 Å². The van der Waals surface area contributed by atoms with Crippen LogP contribution in [0.4, 0.5) is 11.6 Å². The largest absolute Gasteiger partial charge is 3.00 e. The van der Waals surface area contributed by atoms with Gasteiger partial charge >= 0.3 is 22.4 Å². The van der Waals surface area contributed by atoms with Crippen molar-refractivity contribution >= 4 is 33.4 Å². The second-order valence-electron chi connectivity index (χ2n) is 7.70. The molecule has 6 rings (SSSR count). The van der Waals surface area contributed by atoms with Crippen LogP contribution in [0.3, 0.4) is 0 Å². The average Bonchev–Trinajstić information content (AvgIpc) is 3.47. The smallest absolute Gasteiger partial charge is 0.510 e. The Kier molecular flexibility index (Phi) is 6.99. The van der Waals surface area contributed by atoms with Crippen LogP contribution >= 0.6 is 0 Å². The maximum atomic E-state index is 4.61. The van der Waals surface area contributed by atoms with Crippen molar-refractivity contribution < 1.29 is 22.4 Å². The third-order valence-electron chi connectivity index (χ3n) is 5.23. The summed E-state index contributed by atoms with van der Waals surface area (Å²) in [5, 5.41) is 2.34. The van der Waals surface area contributed by atoms with Crippen LogP contribution in [-0.2, 0) is 22.4 Å². The molecule has 0 N–H and O–H groups in total. The third-order valence-corrected chi connectivity index (χ3v) is 5.23. The van der Waals surface area contributed by atoms with Gasteiger partial charge in [0.2, 0.25) is 0 Å². The number of hydrogen-bond acceptors (Lipinski definition) is 6. The van der Waals surface area contributed by atoms with Crippen molar-refractivity contribution in [3.05, 3.63) is 111 Å². The Bertz CT molecular complexity index is 1200. The van der Waals surface area contributed by atoms with Crippen molar-refractivity contribution in [2.45, 2.75) is 0 Å². The van der Waals surface area contributed by atoms with E-state index in [9.17, 15) is 0 Å². The minimum absolute atomic E-state index is 0. The van der Waals surface area contributed by atoms with Crippen molar-refractivity contribution in [1.82, 2.24) is 19.8 Å². The second-order valence-corrected chi connectivity index (χ2v) is 7.70. The molecular formula is C26H24AuN6+. The first-order valence-corrected chi connectivity index (χ1v) is 10.4. The second kappa shape index (κ2) is 10.1. The van der Waals surface area contributed by atoms with Gasteiger partial charge in [-0.15, -0.1) is 13.3 Å². The molecule has 168 valence electrons. The first-order valence-electron chi connectivity index (χ1n) is 10.4. The third kappa shape index (κ3) is 5.20. The number of anilines is 2. The zero-order valence-electron chi connectivity index (χ0n) is 18.4. The van der Waals surface area contributed by atoms with E-state index in [1.807, 2.05) is 120 Å². The fraction of sp³-hybridized carbons (Fsp3) is 0.0769. The molecule has 6 nitrogen and oxygen atoms in total. The molecule has 0 spiro atoms. The molecule has 0 saturated carbocycles. The topological polar surface area (TPSA) is 38.7 Å². The van der Waals surface area contributed by atoms with Gasteiger partial charge in [-0.1, -0.05) is 36.4 Å². The molecule has 4 heterocycles. The van der Waals surface area contributed by atoms with Gasteiger partial charge in [0.25, 0.3) is 0 Å². The van der Waals surface area contributed by atoms with E-state index in [4.69, 9.17) is 0 Å². The van der Waals surface area contributed by atoms with Crippen LogP contribution in [0.15, 0.2) is 97.6 Å². The Labute approximate surface area is 209 Å². The van der Waals surface area contributed by atoms with Crippen LogP contribution in [0.5, 0.6) is 0 Å². The molecule has 7 heteroatoms.